The maximum atomic E-state index is 13.0. The van der Waals surface area contributed by atoms with Crippen LogP contribution in [-0.2, 0) is 16.5 Å². The van der Waals surface area contributed by atoms with Crippen molar-refractivity contribution in [3.8, 4) is 5.75 Å². The molecule has 3 rings (SSSR count). The molecule has 0 radical (unpaired) electrons. The van der Waals surface area contributed by atoms with Gasteiger partial charge in [-0.05, 0) is 42.3 Å². The van der Waals surface area contributed by atoms with Crippen molar-refractivity contribution in [1.82, 2.24) is 0 Å². The quantitative estimate of drug-likeness (QED) is 0.574. The van der Waals surface area contributed by atoms with Crippen LogP contribution in [0, 0.1) is 0 Å². The molecule has 1 unspecified atom stereocenters. The molecule has 26 heavy (non-hydrogen) atoms. The van der Waals surface area contributed by atoms with Crippen molar-refractivity contribution in [1.29, 1.82) is 0 Å². The first-order chi connectivity index (χ1) is 12.3. The van der Waals surface area contributed by atoms with Crippen LogP contribution < -0.4 is 4.74 Å². The number of halogens is 3. The van der Waals surface area contributed by atoms with E-state index in [1.54, 1.807) is 49.4 Å². The lowest BCUT2D eigenvalue weighted by Gasteiger charge is -2.24. The van der Waals surface area contributed by atoms with Crippen molar-refractivity contribution in [2.24, 2.45) is 4.99 Å². The molecule has 2 aromatic carbocycles. The highest BCUT2D eigenvalue weighted by atomic mass is 19.4. The molecule has 1 aliphatic rings. The molecule has 2 aromatic rings. The standard InChI is InChI=1S/C20H16F3NO2/c1-2-19(15-7-6-8-16(11-15)20(21,22)23)12-14(13-24-19)18(25)26-17-9-4-3-5-10-17/h3-13H,2H2,1H3. The van der Waals surface area contributed by atoms with Gasteiger partial charge in [-0.3, -0.25) is 4.99 Å². The summed E-state index contributed by atoms with van der Waals surface area (Å²) in [4.78, 5) is 16.7. The van der Waals surface area contributed by atoms with Crippen LogP contribution >= 0.6 is 0 Å². The molecule has 0 saturated heterocycles. The molecule has 0 spiro atoms. The second kappa shape index (κ2) is 6.78. The molecule has 0 aromatic heterocycles. The Balaban J connectivity index is 1.90. The number of aliphatic imine (C=N–C) groups is 1. The fourth-order valence-electron chi connectivity index (χ4n) is 2.80. The van der Waals surface area contributed by atoms with Gasteiger partial charge in [0, 0.05) is 6.21 Å². The van der Waals surface area contributed by atoms with Crippen LogP contribution in [0.4, 0.5) is 13.2 Å². The lowest BCUT2D eigenvalue weighted by atomic mass is 9.87. The Hall–Kier alpha value is -2.89. The summed E-state index contributed by atoms with van der Waals surface area (Å²) in [6, 6.07) is 13.6. The smallest absolute Gasteiger partial charge is 0.416 e. The molecule has 1 aliphatic heterocycles. The Morgan fingerprint density at radius 3 is 2.50 bits per heavy atom. The number of alkyl halides is 3. The summed E-state index contributed by atoms with van der Waals surface area (Å²) in [6.45, 7) is 1.81. The van der Waals surface area contributed by atoms with Crippen LogP contribution in [0.5, 0.6) is 5.75 Å². The fourth-order valence-corrected chi connectivity index (χ4v) is 2.80. The van der Waals surface area contributed by atoms with Crippen molar-refractivity contribution in [2.45, 2.75) is 25.1 Å². The van der Waals surface area contributed by atoms with Crippen molar-refractivity contribution < 1.29 is 22.7 Å². The number of hydrogen-bond donors (Lipinski definition) is 0. The number of ether oxygens (including phenoxy) is 1. The van der Waals surface area contributed by atoms with E-state index in [9.17, 15) is 18.0 Å². The van der Waals surface area contributed by atoms with Gasteiger partial charge >= 0.3 is 12.1 Å². The number of rotatable bonds is 4. The Morgan fingerprint density at radius 1 is 1.12 bits per heavy atom. The molecule has 0 bridgehead atoms. The van der Waals surface area contributed by atoms with E-state index in [1.807, 2.05) is 0 Å². The van der Waals surface area contributed by atoms with Crippen LogP contribution in [-0.4, -0.2) is 12.2 Å². The zero-order chi connectivity index (χ0) is 18.8. The summed E-state index contributed by atoms with van der Waals surface area (Å²) in [6.07, 6.45) is -1.11. The van der Waals surface area contributed by atoms with E-state index in [4.69, 9.17) is 4.74 Å². The lowest BCUT2D eigenvalue weighted by Crippen LogP contribution is -2.19. The minimum absolute atomic E-state index is 0.216. The summed E-state index contributed by atoms with van der Waals surface area (Å²) in [5.41, 5.74) is -1.15. The van der Waals surface area contributed by atoms with Gasteiger partial charge in [-0.2, -0.15) is 13.2 Å². The third-order valence-electron chi connectivity index (χ3n) is 4.25. The summed E-state index contributed by atoms with van der Waals surface area (Å²) < 4.78 is 44.3. The molecular weight excluding hydrogens is 343 g/mol. The Morgan fingerprint density at radius 2 is 1.85 bits per heavy atom. The molecular formula is C20H16F3NO2. The van der Waals surface area contributed by atoms with E-state index in [0.29, 0.717) is 17.7 Å². The van der Waals surface area contributed by atoms with E-state index < -0.39 is 23.2 Å². The molecule has 3 nitrogen and oxygen atoms in total. The maximum absolute atomic E-state index is 13.0. The monoisotopic (exact) mass is 359 g/mol. The predicted octanol–water partition coefficient (Wildman–Crippen LogP) is 4.93. The zero-order valence-corrected chi connectivity index (χ0v) is 14.0. The third kappa shape index (κ3) is 3.54. The predicted molar refractivity (Wildman–Crippen MR) is 92.1 cm³/mol. The summed E-state index contributed by atoms with van der Waals surface area (Å²) >= 11 is 0. The van der Waals surface area contributed by atoms with Crippen molar-refractivity contribution in [3.05, 3.63) is 77.4 Å². The molecule has 1 heterocycles. The maximum Gasteiger partial charge on any atom is 0.416 e. The highest BCUT2D eigenvalue weighted by molar-refractivity contribution is 6.11. The Bertz CT molecular complexity index is 872. The summed E-state index contributed by atoms with van der Waals surface area (Å²) in [5.74, 6) is -0.206. The van der Waals surface area contributed by atoms with E-state index in [2.05, 4.69) is 4.99 Å². The first-order valence-electron chi connectivity index (χ1n) is 8.07. The molecule has 0 aliphatic carbocycles. The van der Waals surface area contributed by atoms with Gasteiger partial charge in [-0.1, -0.05) is 37.3 Å². The van der Waals surface area contributed by atoms with Gasteiger partial charge in [0.15, 0.2) is 0 Å². The van der Waals surface area contributed by atoms with Crippen LogP contribution in [0.2, 0.25) is 0 Å². The van der Waals surface area contributed by atoms with Gasteiger partial charge in [0.05, 0.1) is 11.1 Å². The SMILES string of the molecule is CCC1(c2cccc(C(F)(F)F)c2)C=C(C(=O)Oc2ccccc2)C=N1. The first-order valence-corrected chi connectivity index (χ1v) is 8.07. The van der Waals surface area contributed by atoms with E-state index in [0.717, 1.165) is 12.1 Å². The number of carbonyl (C=O) groups excluding carboxylic acids is 1. The highest BCUT2D eigenvalue weighted by Crippen LogP contribution is 2.38. The summed E-state index contributed by atoms with van der Waals surface area (Å²) in [5, 5.41) is 0. The fraction of sp³-hybridized carbons (Fsp3) is 0.200. The second-order valence-corrected chi connectivity index (χ2v) is 5.92. The van der Waals surface area contributed by atoms with E-state index in [-0.39, 0.29) is 5.57 Å². The molecule has 0 fully saturated rings. The zero-order valence-electron chi connectivity index (χ0n) is 14.0. The third-order valence-corrected chi connectivity index (χ3v) is 4.25. The minimum Gasteiger partial charge on any atom is -0.423 e. The van der Waals surface area contributed by atoms with Gasteiger partial charge in [0.25, 0.3) is 0 Å². The number of hydrogen-bond acceptors (Lipinski definition) is 3. The van der Waals surface area contributed by atoms with Crippen LogP contribution in [0.15, 0.2) is 71.2 Å². The average Bonchev–Trinajstić information content (AvgIpc) is 3.08. The Kier molecular flexibility index (Phi) is 4.68. The van der Waals surface area contributed by atoms with Crippen molar-refractivity contribution in [2.75, 3.05) is 0 Å². The number of esters is 1. The normalized spacial score (nSPS) is 19.3. The van der Waals surface area contributed by atoms with Gasteiger partial charge in [-0.25, -0.2) is 4.79 Å². The van der Waals surface area contributed by atoms with Crippen molar-refractivity contribution in [3.63, 3.8) is 0 Å². The van der Waals surface area contributed by atoms with Gasteiger partial charge in [0.1, 0.15) is 11.3 Å². The van der Waals surface area contributed by atoms with Gasteiger partial charge in [-0.15, -0.1) is 0 Å². The first kappa shape index (κ1) is 17.9. The number of benzene rings is 2. The average molecular weight is 359 g/mol. The van der Waals surface area contributed by atoms with Crippen molar-refractivity contribution >= 4 is 12.2 Å². The molecule has 134 valence electrons. The number of para-hydroxylation sites is 1. The van der Waals surface area contributed by atoms with Crippen LogP contribution in [0.3, 0.4) is 0 Å². The number of carbonyl (C=O) groups is 1. The minimum atomic E-state index is -4.44. The molecule has 1 atom stereocenters. The Labute approximate surface area is 148 Å². The van der Waals surface area contributed by atoms with Crippen LogP contribution in [0.25, 0.3) is 0 Å². The van der Waals surface area contributed by atoms with Gasteiger partial charge < -0.3 is 4.74 Å². The van der Waals surface area contributed by atoms with E-state index in [1.165, 1.54) is 12.3 Å². The molecule has 0 saturated carbocycles. The lowest BCUT2D eigenvalue weighted by molar-refractivity contribution is -0.137. The van der Waals surface area contributed by atoms with Gasteiger partial charge in [0.2, 0.25) is 0 Å². The molecule has 6 heteroatoms. The largest absolute Gasteiger partial charge is 0.423 e. The topological polar surface area (TPSA) is 38.7 Å². The molecule has 0 N–H and O–H groups in total. The highest BCUT2D eigenvalue weighted by Gasteiger charge is 2.36. The number of nitrogens with zero attached hydrogens (tertiary/aromatic N) is 1. The summed E-state index contributed by atoms with van der Waals surface area (Å²) in [7, 11) is 0. The van der Waals surface area contributed by atoms with E-state index >= 15 is 0 Å². The molecule has 0 amide bonds. The second-order valence-electron chi connectivity index (χ2n) is 5.92. The van der Waals surface area contributed by atoms with Crippen LogP contribution in [0.1, 0.15) is 24.5 Å².